The number of non-ortho nitro benzene ring substituents is 1. The summed E-state index contributed by atoms with van der Waals surface area (Å²) >= 11 is 5.85. The summed E-state index contributed by atoms with van der Waals surface area (Å²) in [4.78, 5) is 21.3. The fourth-order valence-corrected chi connectivity index (χ4v) is 1.70. The molecule has 98 valence electrons. The number of halogens is 1. The van der Waals surface area contributed by atoms with Gasteiger partial charge in [0.1, 0.15) is 0 Å². The van der Waals surface area contributed by atoms with Crippen molar-refractivity contribution in [3.05, 3.63) is 50.8 Å². The van der Waals surface area contributed by atoms with Gasteiger partial charge in [-0.3, -0.25) is 10.1 Å². The average molecular weight is 282 g/mol. The molecule has 0 unspecified atom stereocenters. The summed E-state index contributed by atoms with van der Waals surface area (Å²) in [5.41, 5.74) is 0.287. The lowest BCUT2D eigenvalue weighted by molar-refractivity contribution is -0.384. The predicted molar refractivity (Wildman–Crippen MR) is 66.9 cm³/mol. The van der Waals surface area contributed by atoms with E-state index in [0.717, 1.165) is 12.1 Å². The molecule has 19 heavy (non-hydrogen) atoms. The standard InChI is InChI=1S/C11H8ClN3O4/c1-6-9(12)5-14(13-6)10-4-7(15(18)19)2-3-8(10)11(16)17/h2-5H,1H3,(H,16,17). The van der Waals surface area contributed by atoms with Crippen LogP contribution in [0, 0.1) is 17.0 Å². The number of nitro groups is 1. The molecule has 0 bridgehead atoms. The molecule has 0 aliphatic carbocycles. The van der Waals surface area contributed by atoms with Gasteiger partial charge in [-0.1, -0.05) is 11.6 Å². The Labute approximate surface area is 112 Å². The van der Waals surface area contributed by atoms with Crippen LogP contribution in [0.1, 0.15) is 16.1 Å². The molecule has 0 saturated carbocycles. The van der Waals surface area contributed by atoms with Crippen molar-refractivity contribution in [3.63, 3.8) is 0 Å². The molecule has 1 aromatic carbocycles. The summed E-state index contributed by atoms with van der Waals surface area (Å²) in [6.07, 6.45) is 1.41. The maximum Gasteiger partial charge on any atom is 0.337 e. The van der Waals surface area contributed by atoms with Gasteiger partial charge in [-0.2, -0.15) is 5.10 Å². The number of aromatic carboxylic acids is 1. The van der Waals surface area contributed by atoms with Crippen molar-refractivity contribution >= 4 is 23.3 Å². The summed E-state index contributed by atoms with van der Waals surface area (Å²) < 4.78 is 1.22. The molecule has 1 N–H and O–H groups in total. The van der Waals surface area contributed by atoms with Gasteiger partial charge in [0.05, 0.1) is 26.9 Å². The number of aryl methyl sites for hydroxylation is 1. The molecule has 8 heteroatoms. The Morgan fingerprint density at radius 3 is 2.68 bits per heavy atom. The molecule has 0 radical (unpaired) electrons. The zero-order valence-electron chi connectivity index (χ0n) is 9.70. The minimum absolute atomic E-state index is 0.0928. The van der Waals surface area contributed by atoms with Crippen molar-refractivity contribution in [1.82, 2.24) is 9.78 Å². The Hall–Kier alpha value is -2.41. The highest BCUT2D eigenvalue weighted by Crippen LogP contribution is 2.23. The Bertz CT molecular complexity index is 661. The van der Waals surface area contributed by atoms with Gasteiger partial charge in [0.15, 0.2) is 0 Å². The highest BCUT2D eigenvalue weighted by Gasteiger charge is 2.18. The molecule has 1 aromatic heterocycles. The topological polar surface area (TPSA) is 98.3 Å². The first kappa shape index (κ1) is 13.0. The lowest BCUT2D eigenvalue weighted by Gasteiger charge is -2.05. The second-order valence-corrected chi connectivity index (χ2v) is 4.18. The third-order valence-electron chi connectivity index (χ3n) is 2.51. The molecule has 0 saturated heterocycles. The van der Waals surface area contributed by atoms with E-state index in [0.29, 0.717) is 10.7 Å². The maximum atomic E-state index is 11.1. The molecule has 0 aliphatic heterocycles. The van der Waals surface area contributed by atoms with Crippen LogP contribution in [0.5, 0.6) is 0 Å². The van der Waals surface area contributed by atoms with Crippen LogP contribution >= 0.6 is 11.6 Å². The van der Waals surface area contributed by atoms with Crippen molar-refractivity contribution in [3.8, 4) is 5.69 Å². The Balaban J connectivity index is 2.67. The Morgan fingerprint density at radius 1 is 1.53 bits per heavy atom. The van der Waals surface area contributed by atoms with Crippen LogP contribution in [0.25, 0.3) is 5.69 Å². The van der Waals surface area contributed by atoms with E-state index in [4.69, 9.17) is 16.7 Å². The minimum Gasteiger partial charge on any atom is -0.478 e. The number of hydrogen-bond acceptors (Lipinski definition) is 4. The lowest BCUT2D eigenvalue weighted by atomic mass is 10.1. The number of rotatable bonds is 3. The molecule has 0 spiro atoms. The van der Waals surface area contributed by atoms with E-state index < -0.39 is 10.9 Å². The molecular formula is C11H8ClN3O4. The maximum absolute atomic E-state index is 11.1. The first-order valence-electron chi connectivity index (χ1n) is 5.14. The van der Waals surface area contributed by atoms with E-state index in [1.807, 2.05) is 0 Å². The second-order valence-electron chi connectivity index (χ2n) is 3.77. The minimum atomic E-state index is -1.20. The van der Waals surface area contributed by atoms with Crippen LogP contribution in [0.15, 0.2) is 24.4 Å². The van der Waals surface area contributed by atoms with Gasteiger partial charge in [-0.25, -0.2) is 9.48 Å². The normalized spacial score (nSPS) is 10.4. The molecular weight excluding hydrogens is 274 g/mol. The van der Waals surface area contributed by atoms with Crippen LogP contribution in [-0.2, 0) is 0 Å². The number of benzene rings is 1. The molecule has 0 fully saturated rings. The lowest BCUT2D eigenvalue weighted by Crippen LogP contribution is -2.07. The van der Waals surface area contributed by atoms with Crippen molar-refractivity contribution < 1.29 is 14.8 Å². The number of nitro benzene ring substituents is 1. The fraction of sp³-hybridized carbons (Fsp3) is 0.0909. The Morgan fingerprint density at radius 2 is 2.21 bits per heavy atom. The third kappa shape index (κ3) is 2.41. The average Bonchev–Trinajstić information content (AvgIpc) is 2.68. The number of nitrogens with zero attached hydrogens (tertiary/aromatic N) is 3. The van der Waals surface area contributed by atoms with Gasteiger partial charge >= 0.3 is 5.97 Å². The smallest absolute Gasteiger partial charge is 0.337 e. The number of carboxylic acids is 1. The number of carboxylic acid groups (broad SMARTS) is 1. The molecule has 2 rings (SSSR count). The predicted octanol–water partition coefficient (Wildman–Crippen LogP) is 2.44. The van der Waals surface area contributed by atoms with Crippen LogP contribution in [0.2, 0.25) is 5.02 Å². The van der Waals surface area contributed by atoms with Crippen molar-refractivity contribution in [2.45, 2.75) is 6.92 Å². The molecule has 0 aliphatic rings. The van der Waals surface area contributed by atoms with E-state index in [-0.39, 0.29) is 16.9 Å². The molecule has 7 nitrogen and oxygen atoms in total. The fourth-order valence-electron chi connectivity index (χ4n) is 1.57. The van der Waals surface area contributed by atoms with E-state index in [9.17, 15) is 14.9 Å². The SMILES string of the molecule is Cc1nn(-c2cc([N+](=O)[O-])ccc2C(=O)O)cc1Cl. The number of aromatic nitrogens is 2. The van der Waals surface area contributed by atoms with E-state index in [1.165, 1.54) is 16.9 Å². The first-order chi connectivity index (χ1) is 8.90. The zero-order chi connectivity index (χ0) is 14.2. The monoisotopic (exact) mass is 281 g/mol. The zero-order valence-corrected chi connectivity index (χ0v) is 10.5. The molecule has 0 amide bonds. The summed E-state index contributed by atoms with van der Waals surface area (Å²) in [5, 5.41) is 24.2. The van der Waals surface area contributed by atoms with Gasteiger partial charge in [0.25, 0.3) is 5.69 Å². The van der Waals surface area contributed by atoms with Crippen LogP contribution < -0.4 is 0 Å². The summed E-state index contributed by atoms with van der Waals surface area (Å²) in [5.74, 6) is -1.20. The molecule has 2 aromatic rings. The molecule has 1 heterocycles. The largest absolute Gasteiger partial charge is 0.478 e. The summed E-state index contributed by atoms with van der Waals surface area (Å²) in [6, 6.07) is 3.44. The molecule has 0 atom stereocenters. The summed E-state index contributed by atoms with van der Waals surface area (Å²) in [7, 11) is 0. The van der Waals surface area contributed by atoms with E-state index in [2.05, 4.69) is 5.10 Å². The number of hydrogen-bond donors (Lipinski definition) is 1. The van der Waals surface area contributed by atoms with Crippen LogP contribution in [0.3, 0.4) is 0 Å². The van der Waals surface area contributed by atoms with E-state index in [1.54, 1.807) is 6.92 Å². The number of carbonyl (C=O) groups is 1. The quantitative estimate of drug-likeness (QED) is 0.688. The van der Waals surface area contributed by atoms with Gasteiger partial charge < -0.3 is 5.11 Å². The van der Waals surface area contributed by atoms with Crippen molar-refractivity contribution in [2.75, 3.05) is 0 Å². The van der Waals surface area contributed by atoms with Crippen molar-refractivity contribution in [2.24, 2.45) is 0 Å². The van der Waals surface area contributed by atoms with Crippen LogP contribution in [-0.4, -0.2) is 25.8 Å². The van der Waals surface area contributed by atoms with Gasteiger partial charge in [-0.15, -0.1) is 0 Å². The highest BCUT2D eigenvalue weighted by molar-refractivity contribution is 6.31. The van der Waals surface area contributed by atoms with Crippen molar-refractivity contribution in [1.29, 1.82) is 0 Å². The first-order valence-corrected chi connectivity index (χ1v) is 5.52. The summed E-state index contributed by atoms with van der Waals surface area (Å²) in [6.45, 7) is 1.65. The Kier molecular flexibility index (Phi) is 3.22. The second kappa shape index (κ2) is 4.69. The van der Waals surface area contributed by atoms with Gasteiger partial charge in [0, 0.05) is 18.3 Å². The van der Waals surface area contributed by atoms with Gasteiger partial charge in [0.2, 0.25) is 0 Å². The van der Waals surface area contributed by atoms with E-state index >= 15 is 0 Å². The van der Waals surface area contributed by atoms with Crippen LogP contribution in [0.4, 0.5) is 5.69 Å². The third-order valence-corrected chi connectivity index (χ3v) is 2.88. The highest BCUT2D eigenvalue weighted by atomic mass is 35.5. The van der Waals surface area contributed by atoms with Gasteiger partial charge in [-0.05, 0) is 13.0 Å².